The van der Waals surface area contributed by atoms with Gasteiger partial charge in [-0.1, -0.05) is 32.8 Å². The van der Waals surface area contributed by atoms with Crippen LogP contribution in [0.15, 0.2) is 11.6 Å². The maximum atomic E-state index is 12.1. The summed E-state index contributed by atoms with van der Waals surface area (Å²) in [6, 6.07) is -0.356. The third kappa shape index (κ3) is 6.70. The lowest BCUT2D eigenvalue weighted by Gasteiger charge is -2.29. The molecule has 0 fully saturated rings. The Morgan fingerprint density at radius 1 is 1.35 bits per heavy atom. The number of allylic oxidation sites excluding steroid dienone is 1. The second-order valence-electron chi connectivity index (χ2n) is 5.43. The molecule has 5 nitrogen and oxygen atoms in total. The zero-order chi connectivity index (χ0) is 15.7. The zero-order valence-corrected chi connectivity index (χ0v) is 13.3. The van der Waals surface area contributed by atoms with Gasteiger partial charge in [-0.15, -0.1) is 0 Å². The first-order valence-corrected chi connectivity index (χ1v) is 7.15. The Hall–Kier alpha value is -1.36. The van der Waals surface area contributed by atoms with Gasteiger partial charge in [0.2, 0.25) is 0 Å². The van der Waals surface area contributed by atoms with Crippen molar-refractivity contribution in [3.63, 3.8) is 0 Å². The number of hydrogen-bond donors (Lipinski definition) is 1. The number of nitrogens with zero attached hydrogens (tertiary/aromatic N) is 1. The Bertz CT molecular complexity index is 351. The summed E-state index contributed by atoms with van der Waals surface area (Å²) in [5.74, 6) is 5.32. The minimum Gasteiger partial charge on any atom is -0.469 e. The normalized spacial score (nSPS) is 13.2. The van der Waals surface area contributed by atoms with Gasteiger partial charge in [-0.05, 0) is 25.7 Å². The Balaban J connectivity index is 4.75. The van der Waals surface area contributed by atoms with E-state index in [2.05, 4.69) is 11.7 Å². The molecule has 0 aliphatic heterocycles. The molecule has 0 saturated heterocycles. The van der Waals surface area contributed by atoms with Crippen molar-refractivity contribution in [1.29, 1.82) is 0 Å². The number of esters is 1. The van der Waals surface area contributed by atoms with Gasteiger partial charge >= 0.3 is 5.97 Å². The van der Waals surface area contributed by atoms with Crippen molar-refractivity contribution in [3.8, 4) is 0 Å². The van der Waals surface area contributed by atoms with Gasteiger partial charge in [-0.25, -0.2) is 5.84 Å². The van der Waals surface area contributed by atoms with Crippen molar-refractivity contribution < 1.29 is 14.3 Å². The van der Waals surface area contributed by atoms with E-state index in [9.17, 15) is 9.59 Å². The summed E-state index contributed by atoms with van der Waals surface area (Å²) in [4.78, 5) is 23.5. The Labute approximate surface area is 122 Å². The van der Waals surface area contributed by atoms with Gasteiger partial charge in [0, 0.05) is 6.08 Å². The highest BCUT2D eigenvalue weighted by Gasteiger charge is 2.25. The fourth-order valence-electron chi connectivity index (χ4n) is 1.89. The van der Waals surface area contributed by atoms with Crippen LogP contribution in [0.2, 0.25) is 0 Å². The summed E-state index contributed by atoms with van der Waals surface area (Å²) in [5.41, 5.74) is 1.01. The van der Waals surface area contributed by atoms with E-state index in [1.807, 2.05) is 20.8 Å². The number of rotatable bonds is 8. The summed E-state index contributed by atoms with van der Waals surface area (Å²) in [7, 11) is 1.33. The molecule has 5 heteroatoms. The van der Waals surface area contributed by atoms with Gasteiger partial charge in [0.15, 0.2) is 0 Å². The topological polar surface area (TPSA) is 72.6 Å². The van der Waals surface area contributed by atoms with Crippen LogP contribution in [0.3, 0.4) is 0 Å². The van der Waals surface area contributed by atoms with E-state index in [-0.39, 0.29) is 30.3 Å². The molecule has 0 radical (unpaired) electrons. The van der Waals surface area contributed by atoms with Crippen LogP contribution in [-0.2, 0) is 14.3 Å². The maximum absolute atomic E-state index is 12.1. The van der Waals surface area contributed by atoms with Crippen LogP contribution in [-0.4, -0.2) is 30.0 Å². The molecule has 1 amide bonds. The molecule has 0 aliphatic carbocycles. The minimum absolute atomic E-state index is 0.0763. The molecule has 0 spiro atoms. The molecule has 116 valence electrons. The fraction of sp³-hybridized carbons (Fsp3) is 0.733. The van der Waals surface area contributed by atoms with Gasteiger partial charge in [-0.2, -0.15) is 0 Å². The molecule has 1 atom stereocenters. The molecule has 0 rings (SSSR count). The highest BCUT2D eigenvalue weighted by atomic mass is 16.5. The molecule has 0 bridgehead atoms. The summed E-state index contributed by atoms with van der Waals surface area (Å²) in [6.07, 6.45) is 4.69. The van der Waals surface area contributed by atoms with Gasteiger partial charge in [0.1, 0.15) is 0 Å². The molecule has 0 aromatic rings. The van der Waals surface area contributed by atoms with Crippen LogP contribution in [0.25, 0.3) is 0 Å². The first-order chi connectivity index (χ1) is 9.33. The van der Waals surface area contributed by atoms with Crippen LogP contribution < -0.4 is 5.84 Å². The van der Waals surface area contributed by atoms with E-state index in [4.69, 9.17) is 5.84 Å². The lowest BCUT2D eigenvalue weighted by molar-refractivity contribution is -0.143. The van der Waals surface area contributed by atoms with Crippen molar-refractivity contribution in [2.24, 2.45) is 11.8 Å². The number of hydrazine groups is 1. The maximum Gasteiger partial charge on any atom is 0.307 e. The van der Waals surface area contributed by atoms with Crippen molar-refractivity contribution in [3.05, 3.63) is 11.6 Å². The Kier molecular flexibility index (Phi) is 8.88. The first kappa shape index (κ1) is 18.6. The van der Waals surface area contributed by atoms with Gasteiger partial charge in [0.25, 0.3) is 5.91 Å². The molecule has 0 aromatic heterocycles. The predicted molar refractivity (Wildman–Crippen MR) is 79.6 cm³/mol. The van der Waals surface area contributed by atoms with Crippen LogP contribution in [0, 0.1) is 5.92 Å². The number of methoxy groups -OCH3 is 1. The molecule has 2 N–H and O–H groups in total. The summed E-state index contributed by atoms with van der Waals surface area (Å²) in [6.45, 7) is 7.88. The number of hydrogen-bond acceptors (Lipinski definition) is 4. The summed E-state index contributed by atoms with van der Waals surface area (Å²) in [5, 5.41) is 1.15. The Morgan fingerprint density at radius 3 is 2.40 bits per heavy atom. The van der Waals surface area contributed by atoms with E-state index in [1.54, 1.807) is 6.08 Å². The number of ether oxygens (including phenoxy) is 1. The van der Waals surface area contributed by atoms with Crippen LogP contribution in [0.1, 0.15) is 53.4 Å². The van der Waals surface area contributed by atoms with Gasteiger partial charge in [0.05, 0.1) is 19.6 Å². The van der Waals surface area contributed by atoms with E-state index in [0.717, 1.165) is 29.8 Å². The molecular weight excluding hydrogens is 256 g/mol. The molecule has 1 unspecified atom stereocenters. The van der Waals surface area contributed by atoms with Crippen molar-refractivity contribution in [2.75, 3.05) is 7.11 Å². The number of nitrogens with two attached hydrogens (primary N) is 1. The monoisotopic (exact) mass is 284 g/mol. The van der Waals surface area contributed by atoms with Crippen LogP contribution in [0.5, 0.6) is 0 Å². The molecule has 20 heavy (non-hydrogen) atoms. The van der Waals surface area contributed by atoms with Crippen LogP contribution >= 0.6 is 0 Å². The summed E-state index contributed by atoms with van der Waals surface area (Å²) >= 11 is 0. The molecule has 0 aliphatic rings. The third-order valence-corrected chi connectivity index (χ3v) is 3.28. The average Bonchev–Trinajstić information content (AvgIpc) is 2.40. The van der Waals surface area contributed by atoms with E-state index in [0.29, 0.717) is 0 Å². The van der Waals surface area contributed by atoms with Crippen molar-refractivity contribution >= 4 is 11.9 Å². The van der Waals surface area contributed by atoms with E-state index in [1.165, 1.54) is 7.11 Å². The Morgan fingerprint density at radius 2 is 1.95 bits per heavy atom. The molecular formula is C15H28N2O3. The minimum atomic E-state index is -0.362. The number of carbonyl (C=O) groups excluding carboxylic acids is 2. The molecule has 0 saturated carbocycles. The highest BCUT2D eigenvalue weighted by Crippen LogP contribution is 2.14. The SMILES string of the molecule is CCCC/C(C)=C/C(=O)N(N)C(CC(=O)OC)C(C)C. The molecule has 0 heterocycles. The summed E-state index contributed by atoms with van der Waals surface area (Å²) < 4.78 is 4.65. The number of carbonyl (C=O) groups is 2. The lowest BCUT2D eigenvalue weighted by atomic mass is 10.00. The smallest absolute Gasteiger partial charge is 0.307 e. The second kappa shape index (κ2) is 9.53. The van der Waals surface area contributed by atoms with E-state index < -0.39 is 0 Å². The van der Waals surface area contributed by atoms with E-state index >= 15 is 0 Å². The predicted octanol–water partition coefficient (Wildman–Crippen LogP) is 2.41. The van der Waals surface area contributed by atoms with Crippen molar-refractivity contribution in [1.82, 2.24) is 5.01 Å². The average molecular weight is 284 g/mol. The standard InChI is InChI=1S/C15H28N2O3/c1-6-7-8-12(4)9-14(18)17(16)13(11(2)3)10-15(19)20-5/h9,11,13H,6-8,10,16H2,1-5H3/b12-9+. The number of unbranched alkanes of at least 4 members (excludes halogenated alkanes) is 1. The highest BCUT2D eigenvalue weighted by molar-refractivity contribution is 5.88. The van der Waals surface area contributed by atoms with Crippen molar-refractivity contribution in [2.45, 2.75) is 59.4 Å². The molecule has 0 aromatic carbocycles. The first-order valence-electron chi connectivity index (χ1n) is 7.15. The lowest BCUT2D eigenvalue weighted by Crippen LogP contribution is -2.48. The number of amides is 1. The largest absolute Gasteiger partial charge is 0.469 e. The quantitative estimate of drug-likeness (QED) is 0.244. The zero-order valence-electron chi connectivity index (χ0n) is 13.3. The van der Waals surface area contributed by atoms with Gasteiger partial charge < -0.3 is 4.74 Å². The second-order valence-corrected chi connectivity index (χ2v) is 5.43. The van der Waals surface area contributed by atoms with Gasteiger partial charge in [-0.3, -0.25) is 14.6 Å². The van der Waals surface area contributed by atoms with Crippen LogP contribution in [0.4, 0.5) is 0 Å². The third-order valence-electron chi connectivity index (χ3n) is 3.28. The fourth-order valence-corrected chi connectivity index (χ4v) is 1.89.